The van der Waals surface area contributed by atoms with Gasteiger partial charge in [0.2, 0.25) is 5.78 Å². The number of allylic oxidation sites excluding steroid dienone is 1. The smallest absolute Gasteiger partial charge is 0.219 e. The number of Topliss-reactive ketones (excluding diaryl/α,β-unsaturated/α-hetero) is 2. The molecule has 0 fully saturated rings. The molecule has 28 heavy (non-hydrogen) atoms. The monoisotopic (exact) mass is 372 g/mol. The topological polar surface area (TPSA) is 82.9 Å². The average Bonchev–Trinajstić information content (AvgIpc) is 2.99. The van der Waals surface area contributed by atoms with E-state index in [2.05, 4.69) is 4.98 Å². The molecule has 0 spiro atoms. The zero-order chi connectivity index (χ0) is 20.4. The number of hydrogen-bond donors (Lipinski definition) is 1. The first kappa shape index (κ1) is 19.1. The number of rotatable bonds is 5. The number of aryl methyl sites for hydroxylation is 1. The van der Waals surface area contributed by atoms with Gasteiger partial charge in [0.1, 0.15) is 17.4 Å². The van der Waals surface area contributed by atoms with E-state index in [0.29, 0.717) is 16.8 Å². The van der Waals surface area contributed by atoms with Crippen LogP contribution in [0.2, 0.25) is 0 Å². The number of hydrogen-bond acceptors (Lipinski definition) is 4. The Labute approximate surface area is 163 Å². The van der Waals surface area contributed by atoms with E-state index < -0.39 is 5.78 Å². The summed E-state index contributed by atoms with van der Waals surface area (Å²) in [5.41, 5.74) is 2.73. The lowest BCUT2D eigenvalue weighted by molar-refractivity contribution is 0.101. The summed E-state index contributed by atoms with van der Waals surface area (Å²) in [6.45, 7) is 4.92. The number of nitrogens with one attached hydrogen (secondary N) is 1. The lowest BCUT2D eigenvalue weighted by atomic mass is 10.00. The number of aromatic nitrogens is 1. The molecule has 1 aromatic heterocycles. The van der Waals surface area contributed by atoms with E-state index in [1.54, 1.807) is 27.0 Å². The van der Waals surface area contributed by atoms with Crippen LogP contribution in [-0.4, -0.2) is 23.7 Å². The maximum absolute atomic E-state index is 12.9. The zero-order valence-corrected chi connectivity index (χ0v) is 16.2. The van der Waals surface area contributed by atoms with E-state index in [4.69, 9.17) is 4.74 Å². The Kier molecular flexibility index (Phi) is 5.14. The molecule has 1 N–H and O–H groups in total. The number of benzene rings is 2. The highest BCUT2D eigenvalue weighted by atomic mass is 16.5. The van der Waals surface area contributed by atoms with Crippen molar-refractivity contribution in [2.24, 2.45) is 0 Å². The Morgan fingerprint density at radius 2 is 1.79 bits per heavy atom. The number of aromatic amines is 1. The van der Waals surface area contributed by atoms with Crippen LogP contribution in [0, 0.1) is 25.2 Å². The predicted octanol–water partition coefficient (Wildman–Crippen LogP) is 4.79. The number of carbonyl (C=O) groups excluding carboxylic acids is 2. The first-order valence-corrected chi connectivity index (χ1v) is 8.80. The highest BCUT2D eigenvalue weighted by Crippen LogP contribution is 2.25. The maximum Gasteiger partial charge on any atom is 0.219 e. The van der Waals surface area contributed by atoms with Crippen LogP contribution in [0.4, 0.5) is 0 Å². The van der Waals surface area contributed by atoms with Gasteiger partial charge in [-0.25, -0.2) is 0 Å². The second-order valence-electron chi connectivity index (χ2n) is 6.65. The second-order valence-corrected chi connectivity index (χ2v) is 6.65. The third-order valence-corrected chi connectivity index (χ3v) is 4.76. The van der Waals surface area contributed by atoms with Crippen molar-refractivity contribution in [3.05, 3.63) is 70.0 Å². The summed E-state index contributed by atoms with van der Waals surface area (Å²) in [6.07, 6.45) is 1.56. The van der Waals surface area contributed by atoms with Crippen molar-refractivity contribution in [1.82, 2.24) is 4.98 Å². The fraction of sp³-hybridized carbons (Fsp3) is 0.174. The van der Waals surface area contributed by atoms with Crippen molar-refractivity contribution < 1.29 is 14.3 Å². The standard InChI is InChI=1S/C23H20N2O3/c1-13-21(15(3)26)14(2)25-22(13)23(27)19(12-24)10-16-5-6-18-11-20(28-4)8-7-17(18)9-16/h5-11,25H,1-4H3/b19-10+. The fourth-order valence-electron chi connectivity index (χ4n) is 3.41. The molecule has 5 heteroatoms. The van der Waals surface area contributed by atoms with E-state index in [-0.39, 0.29) is 17.1 Å². The van der Waals surface area contributed by atoms with Crippen LogP contribution in [-0.2, 0) is 0 Å². The summed E-state index contributed by atoms with van der Waals surface area (Å²) < 4.78 is 5.23. The number of methoxy groups -OCH3 is 1. The molecule has 2 aromatic carbocycles. The molecule has 0 aliphatic carbocycles. The predicted molar refractivity (Wildman–Crippen MR) is 109 cm³/mol. The molecule has 0 radical (unpaired) electrons. The van der Waals surface area contributed by atoms with Gasteiger partial charge in [0.15, 0.2) is 5.78 Å². The van der Waals surface area contributed by atoms with Gasteiger partial charge in [0.05, 0.1) is 12.8 Å². The SMILES string of the molecule is COc1ccc2cc(/C=C(\C#N)C(=O)c3[nH]c(C)c(C(C)=O)c3C)ccc2c1. The summed E-state index contributed by atoms with van der Waals surface area (Å²) in [7, 11) is 1.62. The van der Waals surface area contributed by atoms with Crippen molar-refractivity contribution in [2.45, 2.75) is 20.8 Å². The molecule has 0 atom stereocenters. The highest BCUT2D eigenvalue weighted by molar-refractivity contribution is 6.15. The number of ether oxygens (including phenoxy) is 1. The van der Waals surface area contributed by atoms with E-state index in [0.717, 1.165) is 22.1 Å². The van der Waals surface area contributed by atoms with Gasteiger partial charge >= 0.3 is 0 Å². The molecule has 0 saturated heterocycles. The number of fused-ring (bicyclic) bond motifs is 1. The van der Waals surface area contributed by atoms with Gasteiger partial charge in [-0.15, -0.1) is 0 Å². The number of carbonyl (C=O) groups is 2. The van der Waals surface area contributed by atoms with Gasteiger partial charge in [0.25, 0.3) is 0 Å². The summed E-state index contributed by atoms with van der Waals surface area (Å²) in [6, 6.07) is 13.4. The van der Waals surface area contributed by atoms with Crippen LogP contribution >= 0.6 is 0 Å². The quantitative estimate of drug-likeness (QED) is 0.397. The van der Waals surface area contributed by atoms with Gasteiger partial charge in [0, 0.05) is 11.3 Å². The van der Waals surface area contributed by atoms with Crippen LogP contribution < -0.4 is 4.74 Å². The Bertz CT molecular complexity index is 1180. The molecule has 5 nitrogen and oxygen atoms in total. The number of ketones is 2. The van der Waals surface area contributed by atoms with E-state index in [1.165, 1.54) is 6.92 Å². The van der Waals surface area contributed by atoms with Crippen molar-refractivity contribution in [3.63, 3.8) is 0 Å². The van der Waals surface area contributed by atoms with Crippen LogP contribution in [0.3, 0.4) is 0 Å². The van der Waals surface area contributed by atoms with Crippen molar-refractivity contribution in [2.75, 3.05) is 7.11 Å². The van der Waals surface area contributed by atoms with Crippen LogP contribution in [0.5, 0.6) is 5.75 Å². The van der Waals surface area contributed by atoms with Crippen LogP contribution in [0.1, 0.15) is 44.6 Å². The Morgan fingerprint density at radius 1 is 1.11 bits per heavy atom. The molecule has 140 valence electrons. The minimum atomic E-state index is -0.426. The highest BCUT2D eigenvalue weighted by Gasteiger charge is 2.22. The first-order valence-electron chi connectivity index (χ1n) is 8.80. The molecule has 3 rings (SSSR count). The lowest BCUT2D eigenvalue weighted by Crippen LogP contribution is -2.05. The van der Waals surface area contributed by atoms with Crippen molar-refractivity contribution >= 4 is 28.4 Å². The van der Waals surface area contributed by atoms with Gasteiger partial charge < -0.3 is 9.72 Å². The first-order chi connectivity index (χ1) is 13.3. The zero-order valence-electron chi connectivity index (χ0n) is 16.2. The van der Waals surface area contributed by atoms with E-state index in [9.17, 15) is 14.9 Å². The lowest BCUT2D eigenvalue weighted by Gasteiger charge is -2.04. The van der Waals surface area contributed by atoms with Gasteiger partial charge in [-0.05, 0) is 66.9 Å². The molecule has 0 unspecified atom stereocenters. The average molecular weight is 372 g/mol. The normalized spacial score (nSPS) is 11.3. The molecule has 0 aliphatic rings. The fourth-order valence-corrected chi connectivity index (χ4v) is 3.41. The number of H-pyrrole nitrogens is 1. The third-order valence-electron chi connectivity index (χ3n) is 4.76. The maximum atomic E-state index is 12.9. The van der Waals surface area contributed by atoms with Gasteiger partial charge in [-0.1, -0.05) is 18.2 Å². The van der Waals surface area contributed by atoms with E-state index in [1.807, 2.05) is 42.5 Å². The molecular weight excluding hydrogens is 352 g/mol. The number of nitriles is 1. The van der Waals surface area contributed by atoms with Crippen molar-refractivity contribution in [1.29, 1.82) is 5.26 Å². The summed E-state index contributed by atoms with van der Waals surface area (Å²) in [4.78, 5) is 27.7. The number of nitrogens with zero attached hydrogens (tertiary/aromatic N) is 1. The molecule has 1 heterocycles. The largest absolute Gasteiger partial charge is 0.497 e. The van der Waals surface area contributed by atoms with E-state index >= 15 is 0 Å². The second kappa shape index (κ2) is 7.53. The van der Waals surface area contributed by atoms with Crippen LogP contribution in [0.15, 0.2) is 42.0 Å². The van der Waals surface area contributed by atoms with Crippen molar-refractivity contribution in [3.8, 4) is 11.8 Å². The molecule has 0 saturated carbocycles. The third kappa shape index (κ3) is 3.45. The minimum Gasteiger partial charge on any atom is -0.497 e. The minimum absolute atomic E-state index is 0.00677. The van der Waals surface area contributed by atoms with Crippen LogP contribution in [0.25, 0.3) is 16.8 Å². The molecular formula is C23H20N2O3. The van der Waals surface area contributed by atoms with Gasteiger partial charge in [-0.3, -0.25) is 9.59 Å². The Balaban J connectivity index is 2.01. The molecule has 3 aromatic rings. The van der Waals surface area contributed by atoms with Gasteiger partial charge in [-0.2, -0.15) is 5.26 Å². The Hall–Kier alpha value is -3.65. The Morgan fingerprint density at radius 3 is 2.39 bits per heavy atom. The molecule has 0 aliphatic heterocycles. The molecule has 0 amide bonds. The summed E-state index contributed by atoms with van der Waals surface area (Å²) >= 11 is 0. The summed E-state index contributed by atoms with van der Waals surface area (Å²) in [5, 5.41) is 11.5. The molecule has 0 bridgehead atoms. The summed E-state index contributed by atoms with van der Waals surface area (Å²) in [5.74, 6) is 0.228.